The van der Waals surface area contributed by atoms with E-state index in [1.165, 1.54) is 11.8 Å². The fourth-order valence-electron chi connectivity index (χ4n) is 3.73. The van der Waals surface area contributed by atoms with Crippen molar-refractivity contribution in [3.63, 3.8) is 0 Å². The third-order valence-electron chi connectivity index (χ3n) is 5.21. The predicted octanol–water partition coefficient (Wildman–Crippen LogP) is 2.87. The lowest BCUT2D eigenvalue weighted by Crippen LogP contribution is -2.43. The van der Waals surface area contributed by atoms with Crippen molar-refractivity contribution >= 4 is 15.9 Å². The van der Waals surface area contributed by atoms with Crippen LogP contribution in [0.4, 0.5) is 0 Å². The van der Waals surface area contributed by atoms with Gasteiger partial charge in [-0.15, -0.1) is 0 Å². The van der Waals surface area contributed by atoms with E-state index in [1.54, 1.807) is 0 Å². The van der Waals surface area contributed by atoms with Crippen molar-refractivity contribution in [1.82, 2.24) is 9.62 Å². The van der Waals surface area contributed by atoms with Gasteiger partial charge in [0.05, 0.1) is 6.26 Å². The van der Waals surface area contributed by atoms with E-state index in [2.05, 4.69) is 16.9 Å². The minimum absolute atomic E-state index is 0.0488. The van der Waals surface area contributed by atoms with Gasteiger partial charge in [0.2, 0.25) is 10.0 Å². The van der Waals surface area contributed by atoms with Gasteiger partial charge in [-0.05, 0) is 48.8 Å². The molecule has 0 spiro atoms. The number of rotatable bonds is 7. The molecular weight excluding hydrogens is 372 g/mol. The minimum atomic E-state index is -3.21. The van der Waals surface area contributed by atoms with Crippen LogP contribution in [0.25, 0.3) is 0 Å². The predicted molar refractivity (Wildman–Crippen MR) is 112 cm³/mol. The standard InChI is InChI=1S/C22H28N2O3S/c1-28(26,27)23-16-19-10-7-15-24(17-19)22(25)21-12-6-5-11-20(21)14-13-18-8-3-2-4-9-18/h2-6,8-9,11-12,19,23H,7,10,13-17H2,1H3/t19-/m0/s1. The van der Waals surface area contributed by atoms with E-state index in [9.17, 15) is 13.2 Å². The van der Waals surface area contributed by atoms with Gasteiger partial charge in [0.15, 0.2) is 0 Å². The fraction of sp³-hybridized carbons (Fsp3) is 0.409. The minimum Gasteiger partial charge on any atom is -0.338 e. The van der Waals surface area contributed by atoms with Gasteiger partial charge in [0.1, 0.15) is 0 Å². The molecule has 6 heteroatoms. The Bertz CT molecular complexity index is 897. The van der Waals surface area contributed by atoms with Crippen LogP contribution in [0.15, 0.2) is 54.6 Å². The van der Waals surface area contributed by atoms with Crippen molar-refractivity contribution in [3.05, 3.63) is 71.3 Å². The maximum absolute atomic E-state index is 13.2. The summed E-state index contributed by atoms with van der Waals surface area (Å²) in [5.41, 5.74) is 3.08. The summed E-state index contributed by atoms with van der Waals surface area (Å²) in [7, 11) is -3.21. The van der Waals surface area contributed by atoms with Crippen molar-refractivity contribution in [2.45, 2.75) is 25.7 Å². The highest BCUT2D eigenvalue weighted by molar-refractivity contribution is 7.88. The van der Waals surface area contributed by atoms with Crippen molar-refractivity contribution in [2.75, 3.05) is 25.9 Å². The summed E-state index contributed by atoms with van der Waals surface area (Å²) in [5, 5.41) is 0. The van der Waals surface area contributed by atoms with Crippen LogP contribution in [0, 0.1) is 5.92 Å². The van der Waals surface area contributed by atoms with E-state index in [-0.39, 0.29) is 11.8 Å². The number of aryl methyl sites for hydroxylation is 2. The smallest absolute Gasteiger partial charge is 0.254 e. The molecule has 0 saturated carbocycles. The van der Waals surface area contributed by atoms with Crippen molar-refractivity contribution in [2.24, 2.45) is 5.92 Å². The highest BCUT2D eigenvalue weighted by Crippen LogP contribution is 2.21. The molecule has 0 unspecified atom stereocenters. The average Bonchev–Trinajstić information content (AvgIpc) is 2.71. The first-order valence-corrected chi connectivity index (χ1v) is 11.7. The Balaban J connectivity index is 1.66. The zero-order valence-corrected chi connectivity index (χ0v) is 17.1. The van der Waals surface area contributed by atoms with Gasteiger partial charge in [-0.1, -0.05) is 48.5 Å². The van der Waals surface area contributed by atoms with Gasteiger partial charge in [-0.3, -0.25) is 4.79 Å². The SMILES string of the molecule is CS(=O)(=O)NC[C@@H]1CCCN(C(=O)c2ccccc2CCc2ccccc2)C1. The van der Waals surface area contributed by atoms with Crippen LogP contribution >= 0.6 is 0 Å². The van der Waals surface area contributed by atoms with Gasteiger partial charge in [-0.2, -0.15) is 0 Å². The average molecular weight is 401 g/mol. The van der Waals surface area contributed by atoms with Crippen LogP contribution in [-0.4, -0.2) is 45.1 Å². The number of piperidine rings is 1. The molecular formula is C22H28N2O3S. The molecule has 5 nitrogen and oxygen atoms in total. The Labute approximate surface area is 167 Å². The first kappa shape index (κ1) is 20.6. The third-order valence-corrected chi connectivity index (χ3v) is 5.91. The highest BCUT2D eigenvalue weighted by atomic mass is 32.2. The fourth-order valence-corrected chi connectivity index (χ4v) is 4.26. The molecule has 1 atom stereocenters. The van der Waals surface area contributed by atoms with Gasteiger partial charge in [-0.25, -0.2) is 13.1 Å². The summed E-state index contributed by atoms with van der Waals surface area (Å²) in [6, 6.07) is 18.1. The van der Waals surface area contributed by atoms with Crippen LogP contribution in [0.2, 0.25) is 0 Å². The molecule has 1 heterocycles. The zero-order valence-electron chi connectivity index (χ0n) is 16.3. The Morgan fingerprint density at radius 2 is 1.79 bits per heavy atom. The molecule has 28 heavy (non-hydrogen) atoms. The van der Waals surface area contributed by atoms with Crippen LogP contribution in [0.1, 0.15) is 34.3 Å². The molecule has 0 aromatic heterocycles. The number of nitrogens with one attached hydrogen (secondary N) is 1. The number of hydrogen-bond acceptors (Lipinski definition) is 3. The summed E-state index contributed by atoms with van der Waals surface area (Å²) in [4.78, 5) is 15.0. The number of carbonyl (C=O) groups is 1. The lowest BCUT2D eigenvalue weighted by molar-refractivity contribution is 0.0675. The van der Waals surface area contributed by atoms with Gasteiger partial charge >= 0.3 is 0 Å². The second kappa shape index (κ2) is 9.34. The van der Waals surface area contributed by atoms with Crippen LogP contribution < -0.4 is 4.72 Å². The molecule has 150 valence electrons. The Morgan fingerprint density at radius 3 is 2.54 bits per heavy atom. The molecule has 0 aliphatic carbocycles. The number of hydrogen-bond donors (Lipinski definition) is 1. The van der Waals surface area contributed by atoms with Crippen LogP contribution in [0.5, 0.6) is 0 Å². The quantitative estimate of drug-likeness (QED) is 0.777. The number of sulfonamides is 1. The molecule has 1 aliphatic heterocycles. The number of carbonyl (C=O) groups excluding carboxylic acids is 1. The summed E-state index contributed by atoms with van der Waals surface area (Å²) in [5.74, 6) is 0.205. The second-order valence-corrected chi connectivity index (χ2v) is 9.36. The number of benzene rings is 2. The molecule has 2 aromatic carbocycles. The number of likely N-dealkylation sites (tertiary alicyclic amines) is 1. The highest BCUT2D eigenvalue weighted by Gasteiger charge is 2.26. The summed E-state index contributed by atoms with van der Waals surface area (Å²) in [6.07, 6.45) is 4.71. The molecule has 2 aromatic rings. The van der Waals surface area contributed by atoms with E-state index in [4.69, 9.17) is 0 Å². The molecule has 1 saturated heterocycles. The molecule has 1 N–H and O–H groups in total. The maximum atomic E-state index is 13.2. The molecule has 3 rings (SSSR count). The maximum Gasteiger partial charge on any atom is 0.254 e. The summed E-state index contributed by atoms with van der Waals surface area (Å²) >= 11 is 0. The summed E-state index contributed by atoms with van der Waals surface area (Å²) < 4.78 is 25.3. The Morgan fingerprint density at radius 1 is 1.07 bits per heavy atom. The number of nitrogens with zero attached hydrogens (tertiary/aromatic N) is 1. The largest absolute Gasteiger partial charge is 0.338 e. The molecule has 1 amide bonds. The van der Waals surface area contributed by atoms with Crippen molar-refractivity contribution in [3.8, 4) is 0 Å². The van der Waals surface area contributed by atoms with Gasteiger partial charge in [0, 0.05) is 25.2 Å². The molecule has 0 bridgehead atoms. The van der Waals surface area contributed by atoms with Crippen LogP contribution in [-0.2, 0) is 22.9 Å². The molecule has 1 fully saturated rings. The van der Waals surface area contributed by atoms with Crippen LogP contribution in [0.3, 0.4) is 0 Å². The zero-order chi connectivity index (χ0) is 20.0. The van der Waals surface area contributed by atoms with E-state index >= 15 is 0 Å². The summed E-state index contributed by atoms with van der Waals surface area (Å²) in [6.45, 7) is 1.70. The van der Waals surface area contributed by atoms with E-state index < -0.39 is 10.0 Å². The van der Waals surface area contributed by atoms with Gasteiger partial charge in [0.25, 0.3) is 5.91 Å². The first-order chi connectivity index (χ1) is 13.4. The van der Waals surface area contributed by atoms with Crippen molar-refractivity contribution < 1.29 is 13.2 Å². The topological polar surface area (TPSA) is 66.5 Å². The van der Waals surface area contributed by atoms with Crippen molar-refractivity contribution in [1.29, 1.82) is 0 Å². The van der Waals surface area contributed by atoms with E-state index in [0.717, 1.165) is 43.4 Å². The van der Waals surface area contributed by atoms with Gasteiger partial charge < -0.3 is 4.90 Å². The normalized spacial score (nSPS) is 17.5. The lowest BCUT2D eigenvalue weighted by atomic mass is 9.95. The molecule has 0 radical (unpaired) electrons. The Kier molecular flexibility index (Phi) is 6.86. The lowest BCUT2D eigenvalue weighted by Gasteiger charge is -2.33. The van der Waals surface area contributed by atoms with E-state index in [0.29, 0.717) is 13.1 Å². The monoisotopic (exact) mass is 400 g/mol. The Hall–Kier alpha value is -2.18. The molecule has 1 aliphatic rings. The first-order valence-electron chi connectivity index (χ1n) is 9.78. The van der Waals surface area contributed by atoms with E-state index in [1.807, 2.05) is 47.4 Å². The third kappa shape index (κ3) is 5.91. The second-order valence-electron chi connectivity index (χ2n) is 7.52. The number of amides is 1.